The maximum absolute atomic E-state index is 13.6. The van der Waals surface area contributed by atoms with Crippen LogP contribution in [0.5, 0.6) is 11.5 Å². The number of aromatic nitrogens is 1. The summed E-state index contributed by atoms with van der Waals surface area (Å²) < 4.78 is 12.3. The normalized spacial score (nSPS) is 16.5. The summed E-state index contributed by atoms with van der Waals surface area (Å²) >= 11 is 1.34. The zero-order valence-corrected chi connectivity index (χ0v) is 23.5. The molecule has 0 radical (unpaired) electrons. The van der Waals surface area contributed by atoms with Gasteiger partial charge in [-0.05, 0) is 79.4 Å². The summed E-state index contributed by atoms with van der Waals surface area (Å²) in [7, 11) is 0. The van der Waals surface area contributed by atoms with Crippen molar-refractivity contribution in [3.63, 3.8) is 0 Å². The van der Waals surface area contributed by atoms with E-state index in [1.807, 2.05) is 39.0 Å². The maximum Gasteiger partial charge on any atom is 0.301 e. The van der Waals surface area contributed by atoms with Crippen molar-refractivity contribution < 1.29 is 24.2 Å². The molecule has 0 saturated carbocycles. The Morgan fingerprint density at radius 1 is 1.07 bits per heavy atom. The highest BCUT2D eigenvalue weighted by Gasteiger charge is 2.48. The van der Waals surface area contributed by atoms with Gasteiger partial charge >= 0.3 is 5.91 Å². The molecule has 0 bridgehead atoms. The summed E-state index contributed by atoms with van der Waals surface area (Å²) in [6.45, 7) is 10.6. The second kappa shape index (κ2) is 11.4. The minimum atomic E-state index is -0.912. The summed E-state index contributed by atoms with van der Waals surface area (Å²) in [5.74, 6) is -0.587. The molecule has 40 heavy (non-hydrogen) atoms. The monoisotopic (exact) mass is 554 g/mol. The Balaban J connectivity index is 1.67. The van der Waals surface area contributed by atoms with Crippen LogP contribution in [0.25, 0.3) is 16.0 Å². The lowest BCUT2D eigenvalue weighted by Crippen LogP contribution is -2.29. The second-order valence-corrected chi connectivity index (χ2v) is 10.6. The molecule has 1 N–H and O–H groups in total. The first kappa shape index (κ1) is 27.1. The number of hydrogen-bond donors (Lipinski definition) is 1. The van der Waals surface area contributed by atoms with Crippen LogP contribution in [0.4, 0.5) is 5.13 Å². The predicted molar refractivity (Wildman–Crippen MR) is 158 cm³/mol. The van der Waals surface area contributed by atoms with Crippen molar-refractivity contribution in [2.24, 2.45) is 0 Å². The Labute approximate surface area is 237 Å². The van der Waals surface area contributed by atoms with Gasteiger partial charge in [-0.15, -0.1) is 0 Å². The third-order valence-corrected chi connectivity index (χ3v) is 7.61. The maximum atomic E-state index is 13.6. The second-order valence-electron chi connectivity index (χ2n) is 9.64. The van der Waals surface area contributed by atoms with Crippen LogP contribution in [0.3, 0.4) is 0 Å². The molecule has 1 atom stereocenters. The molecule has 8 heteroatoms. The van der Waals surface area contributed by atoms with Crippen LogP contribution in [0.1, 0.15) is 41.6 Å². The van der Waals surface area contributed by atoms with Gasteiger partial charge in [0.1, 0.15) is 23.9 Å². The highest BCUT2D eigenvalue weighted by Crippen LogP contribution is 2.45. The minimum Gasteiger partial charge on any atom is -0.507 e. The quantitative estimate of drug-likeness (QED) is 0.105. The third kappa shape index (κ3) is 5.10. The molecule has 1 saturated heterocycles. The van der Waals surface area contributed by atoms with Crippen LogP contribution in [0.2, 0.25) is 0 Å². The molecule has 3 aromatic carbocycles. The van der Waals surface area contributed by atoms with E-state index in [4.69, 9.17) is 14.5 Å². The Hall–Kier alpha value is -4.43. The number of benzene rings is 3. The lowest BCUT2D eigenvalue weighted by atomic mass is 9.95. The number of anilines is 1. The number of ether oxygens (including phenoxy) is 2. The van der Waals surface area contributed by atoms with Gasteiger partial charge in [0.05, 0.1) is 28.4 Å². The zero-order valence-electron chi connectivity index (χ0n) is 22.6. The number of aliphatic hydroxyl groups excluding tert-OH is 1. The molecule has 0 aliphatic carbocycles. The number of ketones is 1. The van der Waals surface area contributed by atoms with Crippen molar-refractivity contribution in [3.8, 4) is 11.5 Å². The molecule has 7 nitrogen and oxygen atoms in total. The summed E-state index contributed by atoms with van der Waals surface area (Å²) in [6, 6.07) is 17.1. The topological polar surface area (TPSA) is 89.0 Å². The lowest BCUT2D eigenvalue weighted by Gasteiger charge is -2.23. The first-order valence-electron chi connectivity index (χ1n) is 13.1. The lowest BCUT2D eigenvalue weighted by molar-refractivity contribution is -0.132. The molecule has 1 fully saturated rings. The van der Waals surface area contributed by atoms with Crippen molar-refractivity contribution in [1.29, 1.82) is 0 Å². The molecule has 1 aliphatic heterocycles. The van der Waals surface area contributed by atoms with Crippen molar-refractivity contribution in [3.05, 3.63) is 101 Å². The van der Waals surface area contributed by atoms with E-state index in [0.29, 0.717) is 41.0 Å². The van der Waals surface area contributed by atoms with E-state index in [0.717, 1.165) is 27.8 Å². The smallest absolute Gasteiger partial charge is 0.301 e. The number of hydrogen-bond acceptors (Lipinski definition) is 7. The Morgan fingerprint density at radius 3 is 2.58 bits per heavy atom. The van der Waals surface area contributed by atoms with E-state index < -0.39 is 17.7 Å². The molecule has 1 aromatic heterocycles. The fourth-order valence-electron chi connectivity index (χ4n) is 4.82. The molecule has 0 spiro atoms. The van der Waals surface area contributed by atoms with Gasteiger partial charge in [-0.3, -0.25) is 14.5 Å². The number of carbonyl (C=O) groups excluding carboxylic acids is 2. The predicted octanol–water partition coefficient (Wildman–Crippen LogP) is 6.89. The fourth-order valence-corrected chi connectivity index (χ4v) is 5.99. The number of aryl methyl sites for hydroxylation is 2. The van der Waals surface area contributed by atoms with Gasteiger partial charge < -0.3 is 14.6 Å². The molecule has 5 rings (SSSR count). The largest absolute Gasteiger partial charge is 0.507 e. The number of amides is 1. The number of fused-ring (bicyclic) bond motifs is 1. The molecular formula is C32H30N2O5S. The van der Waals surface area contributed by atoms with E-state index in [9.17, 15) is 14.7 Å². The molecule has 2 heterocycles. The molecule has 4 aromatic rings. The Morgan fingerprint density at radius 2 is 1.85 bits per heavy atom. The van der Waals surface area contributed by atoms with Crippen molar-refractivity contribution >= 4 is 44.1 Å². The van der Waals surface area contributed by atoms with Gasteiger partial charge in [0, 0.05) is 5.56 Å². The SMILES string of the molecule is C=CCOc1cccc(C2/C(=C(\O)c3ccc(OCCC)cc3)C(=O)C(=O)N2c2nc3c(C)cc(C)cc3s2)c1. The summed E-state index contributed by atoms with van der Waals surface area (Å²) in [5.41, 5.74) is 3.84. The van der Waals surface area contributed by atoms with Gasteiger partial charge in [0.15, 0.2) is 5.13 Å². The van der Waals surface area contributed by atoms with Crippen LogP contribution in [0, 0.1) is 13.8 Å². The number of Topliss-reactive ketones (excluding diaryl/α,β-unsaturated/α-hetero) is 1. The molecule has 1 unspecified atom stereocenters. The number of aliphatic hydroxyl groups is 1. The van der Waals surface area contributed by atoms with Crippen molar-refractivity contribution in [2.75, 3.05) is 18.1 Å². The standard InChI is InChI=1S/C32H30N2O5S/c1-5-14-38-23-12-10-21(11-13-23)29(35)26-28(22-8-7-9-24(18-22)39-15-6-2)34(31(37)30(26)36)32-33-27-20(4)16-19(3)17-25(27)40-32/h6-13,16-18,28,35H,2,5,14-15H2,1,3-4H3/b29-26+. The van der Waals surface area contributed by atoms with E-state index in [1.165, 1.54) is 16.2 Å². The Kier molecular flexibility index (Phi) is 7.71. The highest BCUT2D eigenvalue weighted by atomic mass is 32.1. The average molecular weight is 555 g/mol. The van der Waals surface area contributed by atoms with Gasteiger partial charge in [-0.2, -0.15) is 0 Å². The van der Waals surface area contributed by atoms with Gasteiger partial charge in [-0.25, -0.2) is 4.98 Å². The number of rotatable bonds is 9. The Bertz CT molecular complexity index is 1640. The first-order chi connectivity index (χ1) is 19.3. The molecule has 1 amide bonds. The van der Waals surface area contributed by atoms with Crippen LogP contribution in [-0.4, -0.2) is 35.0 Å². The fraction of sp³-hybridized carbons (Fsp3) is 0.219. The van der Waals surface area contributed by atoms with Gasteiger partial charge in [0.25, 0.3) is 5.78 Å². The van der Waals surface area contributed by atoms with E-state index in [2.05, 4.69) is 6.58 Å². The van der Waals surface area contributed by atoms with Crippen molar-refractivity contribution in [1.82, 2.24) is 4.98 Å². The van der Waals surface area contributed by atoms with Gasteiger partial charge in [0.2, 0.25) is 0 Å². The van der Waals surface area contributed by atoms with Gasteiger partial charge in [-0.1, -0.05) is 49.1 Å². The number of thiazole rings is 1. The highest BCUT2D eigenvalue weighted by molar-refractivity contribution is 7.22. The van der Waals surface area contributed by atoms with Crippen LogP contribution in [0.15, 0.2) is 78.9 Å². The van der Waals surface area contributed by atoms with E-state index in [1.54, 1.807) is 48.5 Å². The molecular weight excluding hydrogens is 524 g/mol. The van der Waals surface area contributed by atoms with Crippen LogP contribution in [-0.2, 0) is 9.59 Å². The third-order valence-electron chi connectivity index (χ3n) is 6.61. The molecule has 1 aliphatic rings. The molecule has 204 valence electrons. The summed E-state index contributed by atoms with van der Waals surface area (Å²) in [5, 5.41) is 11.9. The van der Waals surface area contributed by atoms with E-state index >= 15 is 0 Å². The van der Waals surface area contributed by atoms with Crippen molar-refractivity contribution in [2.45, 2.75) is 33.2 Å². The average Bonchev–Trinajstić information content (AvgIpc) is 3.49. The van der Waals surface area contributed by atoms with E-state index in [-0.39, 0.29) is 11.3 Å². The summed E-state index contributed by atoms with van der Waals surface area (Å²) in [4.78, 5) is 33.4. The zero-order chi connectivity index (χ0) is 28.4. The summed E-state index contributed by atoms with van der Waals surface area (Å²) in [6.07, 6.45) is 2.50. The first-order valence-corrected chi connectivity index (χ1v) is 13.9. The van der Waals surface area contributed by atoms with Crippen LogP contribution < -0.4 is 14.4 Å². The number of nitrogens with zero attached hydrogens (tertiary/aromatic N) is 2. The minimum absolute atomic E-state index is 0.0137. The number of carbonyl (C=O) groups is 2. The van der Waals surface area contributed by atoms with Crippen LogP contribution >= 0.6 is 11.3 Å².